The normalized spacial score (nSPS) is 13.2. The molecule has 0 nitrogen and oxygen atoms in total. The fourth-order valence-corrected chi connectivity index (χ4v) is 1.57. The van der Waals surface area contributed by atoms with Crippen LogP contribution in [0, 0.1) is 13.8 Å². The standard InChI is InChI=1S/C11H21Br/c1-3-4-5-6-7-8-9-10-11(2)12/h11H,1-10H2. The summed E-state index contributed by atoms with van der Waals surface area (Å²) in [5.74, 6) is 0. The first-order valence-corrected chi connectivity index (χ1v) is 5.95. The second kappa shape index (κ2) is 9.57. The predicted octanol–water partition coefficient (Wildman–Crippen LogP) is 4.54. The van der Waals surface area contributed by atoms with Crippen LogP contribution in [0.25, 0.3) is 0 Å². The molecule has 0 aliphatic carbocycles. The minimum atomic E-state index is 0.456. The van der Waals surface area contributed by atoms with Gasteiger partial charge in [-0.15, -0.1) is 0 Å². The maximum absolute atomic E-state index is 3.89. The Morgan fingerprint density at radius 2 is 1.42 bits per heavy atom. The van der Waals surface area contributed by atoms with Gasteiger partial charge in [0.2, 0.25) is 0 Å². The number of halogens is 1. The first-order chi connectivity index (χ1) is 5.77. The van der Waals surface area contributed by atoms with E-state index in [2.05, 4.69) is 29.8 Å². The quantitative estimate of drug-likeness (QED) is 0.426. The smallest absolute Gasteiger partial charge is 0.0146 e. The lowest BCUT2D eigenvalue weighted by atomic mass is 10.1. The number of rotatable bonds is 8. The molecule has 0 heterocycles. The van der Waals surface area contributed by atoms with E-state index < -0.39 is 0 Å². The van der Waals surface area contributed by atoms with E-state index in [1.165, 1.54) is 44.9 Å². The SMILES string of the molecule is [CH2]CCCCCCCCC([CH2])Br. The van der Waals surface area contributed by atoms with Crippen LogP contribution >= 0.6 is 15.9 Å². The second-order valence-corrected chi connectivity index (χ2v) is 4.66. The van der Waals surface area contributed by atoms with Gasteiger partial charge >= 0.3 is 0 Å². The Bertz CT molecular complexity index is 79.1. The zero-order chi connectivity index (χ0) is 9.23. The highest BCUT2D eigenvalue weighted by atomic mass is 79.9. The molecular weight excluding hydrogens is 212 g/mol. The van der Waals surface area contributed by atoms with Crippen molar-refractivity contribution in [3.63, 3.8) is 0 Å². The lowest BCUT2D eigenvalue weighted by Crippen LogP contribution is -1.89. The van der Waals surface area contributed by atoms with Gasteiger partial charge in [-0.2, -0.15) is 0 Å². The molecule has 0 amide bonds. The van der Waals surface area contributed by atoms with Gasteiger partial charge in [-0.1, -0.05) is 67.8 Å². The second-order valence-electron chi connectivity index (χ2n) is 3.36. The molecule has 72 valence electrons. The van der Waals surface area contributed by atoms with Crippen LogP contribution in [0.3, 0.4) is 0 Å². The predicted molar refractivity (Wildman–Crippen MR) is 60.4 cm³/mol. The molecular formula is C11H21Br. The molecule has 0 aromatic heterocycles. The number of hydrogen-bond donors (Lipinski definition) is 0. The Balaban J connectivity index is 2.82. The summed E-state index contributed by atoms with van der Waals surface area (Å²) in [5.41, 5.74) is 0. The van der Waals surface area contributed by atoms with Crippen LogP contribution < -0.4 is 0 Å². The van der Waals surface area contributed by atoms with Gasteiger partial charge in [0.15, 0.2) is 0 Å². The minimum Gasteiger partial charge on any atom is -0.0891 e. The fraction of sp³-hybridized carbons (Fsp3) is 0.818. The summed E-state index contributed by atoms with van der Waals surface area (Å²) in [6.07, 6.45) is 10.5. The molecule has 0 aromatic rings. The molecule has 12 heavy (non-hydrogen) atoms. The van der Waals surface area contributed by atoms with Crippen molar-refractivity contribution in [2.24, 2.45) is 0 Å². The number of unbranched alkanes of at least 4 members (excludes halogenated alkanes) is 6. The average Bonchev–Trinajstić information content (AvgIpc) is 2.02. The van der Waals surface area contributed by atoms with Crippen LogP contribution in [0.2, 0.25) is 0 Å². The van der Waals surface area contributed by atoms with Gasteiger partial charge < -0.3 is 0 Å². The third kappa shape index (κ3) is 10.5. The van der Waals surface area contributed by atoms with Crippen LogP contribution in [-0.4, -0.2) is 4.83 Å². The molecule has 0 bridgehead atoms. The largest absolute Gasteiger partial charge is 0.0891 e. The van der Waals surface area contributed by atoms with E-state index in [9.17, 15) is 0 Å². The van der Waals surface area contributed by atoms with E-state index in [0.717, 1.165) is 6.42 Å². The van der Waals surface area contributed by atoms with Gasteiger partial charge in [-0.25, -0.2) is 0 Å². The summed E-state index contributed by atoms with van der Waals surface area (Å²) < 4.78 is 0. The molecule has 0 rings (SSSR count). The van der Waals surface area contributed by atoms with Gasteiger partial charge in [0.05, 0.1) is 0 Å². The average molecular weight is 233 g/mol. The van der Waals surface area contributed by atoms with Crippen LogP contribution in [0.1, 0.15) is 51.4 Å². The van der Waals surface area contributed by atoms with Gasteiger partial charge in [0, 0.05) is 4.83 Å². The van der Waals surface area contributed by atoms with Crippen LogP contribution in [-0.2, 0) is 0 Å². The highest BCUT2D eigenvalue weighted by Crippen LogP contribution is 2.12. The first-order valence-electron chi connectivity index (χ1n) is 5.03. The van der Waals surface area contributed by atoms with Crippen molar-refractivity contribution in [3.05, 3.63) is 13.8 Å². The number of alkyl halides is 1. The summed E-state index contributed by atoms with van der Waals surface area (Å²) in [7, 11) is 0. The molecule has 1 atom stereocenters. The Kier molecular flexibility index (Phi) is 9.95. The van der Waals surface area contributed by atoms with E-state index in [-0.39, 0.29) is 0 Å². The first kappa shape index (κ1) is 12.5. The lowest BCUT2D eigenvalue weighted by Gasteiger charge is -2.02. The fourth-order valence-electron chi connectivity index (χ4n) is 1.25. The van der Waals surface area contributed by atoms with Crippen molar-refractivity contribution in [2.75, 3.05) is 0 Å². The van der Waals surface area contributed by atoms with Crippen molar-refractivity contribution >= 4 is 15.9 Å². The summed E-state index contributed by atoms with van der Waals surface area (Å²) in [6.45, 7) is 7.72. The zero-order valence-corrected chi connectivity index (χ0v) is 9.61. The Morgan fingerprint density at radius 1 is 0.917 bits per heavy atom. The van der Waals surface area contributed by atoms with E-state index in [1.54, 1.807) is 0 Å². The lowest BCUT2D eigenvalue weighted by molar-refractivity contribution is 0.586. The van der Waals surface area contributed by atoms with E-state index in [1.807, 2.05) is 0 Å². The molecule has 0 spiro atoms. The van der Waals surface area contributed by atoms with E-state index in [4.69, 9.17) is 0 Å². The summed E-state index contributed by atoms with van der Waals surface area (Å²) in [6, 6.07) is 0. The monoisotopic (exact) mass is 232 g/mol. The van der Waals surface area contributed by atoms with Crippen LogP contribution in [0.4, 0.5) is 0 Å². The molecule has 0 fully saturated rings. The highest BCUT2D eigenvalue weighted by Gasteiger charge is 1.95. The molecule has 0 aliphatic heterocycles. The Labute approximate surface area is 86.3 Å². The van der Waals surface area contributed by atoms with Crippen molar-refractivity contribution < 1.29 is 0 Å². The summed E-state index contributed by atoms with van der Waals surface area (Å²) >= 11 is 3.45. The number of hydrogen-bond acceptors (Lipinski definition) is 0. The van der Waals surface area contributed by atoms with Crippen molar-refractivity contribution in [1.82, 2.24) is 0 Å². The maximum atomic E-state index is 3.89. The molecule has 2 radical (unpaired) electrons. The van der Waals surface area contributed by atoms with Crippen molar-refractivity contribution in [1.29, 1.82) is 0 Å². The maximum Gasteiger partial charge on any atom is 0.0146 e. The zero-order valence-electron chi connectivity index (χ0n) is 8.03. The topological polar surface area (TPSA) is 0 Å². The Morgan fingerprint density at radius 3 is 1.92 bits per heavy atom. The van der Waals surface area contributed by atoms with E-state index in [0.29, 0.717) is 4.83 Å². The van der Waals surface area contributed by atoms with Gasteiger partial charge in [-0.05, 0) is 13.3 Å². The minimum absolute atomic E-state index is 0.456. The highest BCUT2D eigenvalue weighted by molar-refractivity contribution is 9.09. The third-order valence-electron chi connectivity index (χ3n) is 2.02. The van der Waals surface area contributed by atoms with Gasteiger partial charge in [0.1, 0.15) is 0 Å². The molecule has 1 unspecified atom stereocenters. The van der Waals surface area contributed by atoms with E-state index >= 15 is 0 Å². The van der Waals surface area contributed by atoms with Gasteiger partial charge in [0.25, 0.3) is 0 Å². The van der Waals surface area contributed by atoms with Crippen molar-refractivity contribution in [3.8, 4) is 0 Å². The summed E-state index contributed by atoms with van der Waals surface area (Å²) in [5, 5.41) is 0. The van der Waals surface area contributed by atoms with Crippen LogP contribution in [0.15, 0.2) is 0 Å². The molecule has 0 saturated carbocycles. The molecule has 0 aromatic carbocycles. The summed E-state index contributed by atoms with van der Waals surface area (Å²) in [4.78, 5) is 0.456. The van der Waals surface area contributed by atoms with Crippen LogP contribution in [0.5, 0.6) is 0 Å². The van der Waals surface area contributed by atoms with Crippen molar-refractivity contribution in [2.45, 2.75) is 56.2 Å². The third-order valence-corrected chi connectivity index (χ3v) is 2.48. The molecule has 0 saturated heterocycles. The van der Waals surface area contributed by atoms with Gasteiger partial charge in [-0.3, -0.25) is 0 Å². The Hall–Kier alpha value is 0.480. The molecule has 0 aliphatic rings. The molecule has 1 heteroatoms. The molecule has 0 N–H and O–H groups in total.